The SMILES string of the molecule is COCC(=O)Nc1cccc(CNc2ccc(Cl)cc2C#N)c1. The lowest BCUT2D eigenvalue weighted by atomic mass is 10.1. The summed E-state index contributed by atoms with van der Waals surface area (Å²) in [5, 5.41) is 15.6. The van der Waals surface area contributed by atoms with E-state index >= 15 is 0 Å². The molecule has 2 aromatic carbocycles. The smallest absolute Gasteiger partial charge is 0.250 e. The van der Waals surface area contributed by atoms with Crippen molar-refractivity contribution in [3.63, 3.8) is 0 Å². The molecule has 118 valence electrons. The highest BCUT2D eigenvalue weighted by Gasteiger charge is 2.04. The summed E-state index contributed by atoms with van der Waals surface area (Å²) in [6.07, 6.45) is 0. The lowest BCUT2D eigenvalue weighted by molar-refractivity contribution is -0.119. The average molecular weight is 330 g/mol. The predicted octanol–water partition coefficient (Wildman–Crippen LogP) is 3.41. The Morgan fingerprint density at radius 3 is 2.87 bits per heavy atom. The third kappa shape index (κ3) is 4.99. The summed E-state index contributed by atoms with van der Waals surface area (Å²) in [6.45, 7) is 0.531. The maximum atomic E-state index is 11.5. The highest BCUT2D eigenvalue weighted by atomic mass is 35.5. The summed E-state index contributed by atoms with van der Waals surface area (Å²) in [6, 6.07) is 14.7. The maximum Gasteiger partial charge on any atom is 0.250 e. The first-order chi connectivity index (χ1) is 11.1. The molecule has 2 aromatic rings. The number of hydrogen-bond donors (Lipinski definition) is 2. The summed E-state index contributed by atoms with van der Waals surface area (Å²) in [5.74, 6) is -0.206. The van der Waals surface area contributed by atoms with Gasteiger partial charge in [-0.3, -0.25) is 4.79 Å². The molecule has 0 bridgehead atoms. The molecule has 0 atom stereocenters. The lowest BCUT2D eigenvalue weighted by Crippen LogP contribution is -2.17. The topological polar surface area (TPSA) is 74.2 Å². The average Bonchev–Trinajstić information content (AvgIpc) is 2.54. The van der Waals surface area contributed by atoms with Gasteiger partial charge in [0.15, 0.2) is 0 Å². The Bertz CT molecular complexity index is 741. The minimum absolute atomic E-state index is 0.0127. The van der Waals surface area contributed by atoms with Gasteiger partial charge >= 0.3 is 0 Å². The second-order valence-electron chi connectivity index (χ2n) is 4.84. The number of nitriles is 1. The summed E-state index contributed by atoms with van der Waals surface area (Å²) in [5.41, 5.74) is 2.87. The van der Waals surface area contributed by atoms with Crippen molar-refractivity contribution >= 4 is 28.9 Å². The quantitative estimate of drug-likeness (QED) is 0.851. The first kappa shape index (κ1) is 16.8. The third-order valence-electron chi connectivity index (χ3n) is 3.07. The van der Waals surface area contributed by atoms with E-state index in [2.05, 4.69) is 16.7 Å². The van der Waals surface area contributed by atoms with E-state index in [0.29, 0.717) is 28.5 Å². The zero-order valence-corrected chi connectivity index (χ0v) is 13.4. The molecule has 0 unspecified atom stereocenters. The van der Waals surface area contributed by atoms with E-state index in [0.717, 1.165) is 5.56 Å². The molecule has 5 nitrogen and oxygen atoms in total. The number of rotatable bonds is 6. The standard InChI is InChI=1S/C17H16ClN3O2/c1-23-11-17(22)21-15-4-2-3-12(7-15)10-20-16-6-5-14(18)8-13(16)9-19/h2-8,20H,10-11H2,1H3,(H,21,22). The fourth-order valence-corrected chi connectivity index (χ4v) is 2.22. The molecular formula is C17H16ClN3O2. The first-order valence-electron chi connectivity index (χ1n) is 6.93. The van der Waals surface area contributed by atoms with Crippen LogP contribution in [0.1, 0.15) is 11.1 Å². The van der Waals surface area contributed by atoms with Crippen LogP contribution in [0.5, 0.6) is 0 Å². The van der Waals surface area contributed by atoms with Crippen molar-refractivity contribution in [2.75, 3.05) is 24.4 Å². The van der Waals surface area contributed by atoms with Gasteiger partial charge in [0.2, 0.25) is 5.91 Å². The van der Waals surface area contributed by atoms with E-state index in [9.17, 15) is 4.79 Å². The third-order valence-corrected chi connectivity index (χ3v) is 3.31. The molecule has 0 aliphatic rings. The zero-order valence-electron chi connectivity index (χ0n) is 12.6. The molecule has 0 aromatic heterocycles. The van der Waals surface area contributed by atoms with Gasteiger partial charge in [0.25, 0.3) is 0 Å². The van der Waals surface area contributed by atoms with Gasteiger partial charge in [-0.1, -0.05) is 23.7 Å². The summed E-state index contributed by atoms with van der Waals surface area (Å²) in [4.78, 5) is 11.5. The van der Waals surface area contributed by atoms with Crippen LogP contribution in [0.4, 0.5) is 11.4 Å². The van der Waals surface area contributed by atoms with E-state index in [1.54, 1.807) is 24.3 Å². The van der Waals surface area contributed by atoms with Gasteiger partial charge < -0.3 is 15.4 Å². The van der Waals surface area contributed by atoms with Crippen LogP contribution in [0.3, 0.4) is 0 Å². The molecule has 1 amide bonds. The Labute approximate surface area is 139 Å². The van der Waals surface area contributed by atoms with Gasteiger partial charge in [0, 0.05) is 24.4 Å². The van der Waals surface area contributed by atoms with E-state index in [1.807, 2.05) is 18.2 Å². The van der Waals surface area contributed by atoms with Crippen molar-refractivity contribution < 1.29 is 9.53 Å². The van der Waals surface area contributed by atoms with Gasteiger partial charge in [-0.25, -0.2) is 0 Å². The van der Waals surface area contributed by atoms with Gasteiger partial charge in [0.05, 0.1) is 11.3 Å². The number of hydrogen-bond acceptors (Lipinski definition) is 4. The number of carbonyl (C=O) groups excluding carboxylic acids is 1. The van der Waals surface area contributed by atoms with Crippen molar-refractivity contribution in [3.8, 4) is 6.07 Å². The Kier molecular flexibility index (Phi) is 5.98. The minimum Gasteiger partial charge on any atom is -0.380 e. The molecule has 23 heavy (non-hydrogen) atoms. The zero-order chi connectivity index (χ0) is 16.7. The first-order valence-corrected chi connectivity index (χ1v) is 7.31. The van der Waals surface area contributed by atoms with Crippen molar-refractivity contribution in [1.29, 1.82) is 5.26 Å². The number of methoxy groups -OCH3 is 1. The second kappa shape index (κ2) is 8.18. The van der Waals surface area contributed by atoms with E-state index in [1.165, 1.54) is 7.11 Å². The van der Waals surface area contributed by atoms with Crippen LogP contribution in [0.2, 0.25) is 5.02 Å². The molecule has 0 saturated heterocycles. The van der Waals surface area contributed by atoms with Crippen LogP contribution < -0.4 is 10.6 Å². The largest absolute Gasteiger partial charge is 0.380 e. The normalized spacial score (nSPS) is 9.96. The van der Waals surface area contributed by atoms with Crippen LogP contribution >= 0.6 is 11.6 Å². The van der Waals surface area contributed by atoms with Crippen LogP contribution in [-0.4, -0.2) is 19.6 Å². The molecule has 0 fully saturated rings. The second-order valence-corrected chi connectivity index (χ2v) is 5.27. The molecule has 0 spiro atoms. The Balaban J connectivity index is 2.04. The van der Waals surface area contributed by atoms with E-state index in [-0.39, 0.29) is 12.5 Å². The van der Waals surface area contributed by atoms with Gasteiger partial charge in [0.1, 0.15) is 12.7 Å². The highest BCUT2D eigenvalue weighted by Crippen LogP contribution is 2.21. The molecule has 0 aliphatic heterocycles. The fourth-order valence-electron chi connectivity index (χ4n) is 2.05. The van der Waals surface area contributed by atoms with Gasteiger partial charge in [-0.2, -0.15) is 5.26 Å². The molecular weight excluding hydrogens is 314 g/mol. The lowest BCUT2D eigenvalue weighted by Gasteiger charge is -2.10. The molecule has 6 heteroatoms. The van der Waals surface area contributed by atoms with Crippen molar-refractivity contribution in [2.45, 2.75) is 6.54 Å². The molecule has 2 N–H and O–H groups in total. The Hall–Kier alpha value is -2.55. The van der Waals surface area contributed by atoms with Crippen molar-refractivity contribution in [3.05, 3.63) is 58.6 Å². The highest BCUT2D eigenvalue weighted by molar-refractivity contribution is 6.30. The summed E-state index contributed by atoms with van der Waals surface area (Å²) < 4.78 is 4.78. The number of benzene rings is 2. The Morgan fingerprint density at radius 1 is 1.30 bits per heavy atom. The van der Waals surface area contributed by atoms with Gasteiger partial charge in [-0.15, -0.1) is 0 Å². The number of ether oxygens (including phenoxy) is 1. The van der Waals surface area contributed by atoms with Crippen LogP contribution in [0.15, 0.2) is 42.5 Å². The van der Waals surface area contributed by atoms with Crippen LogP contribution in [0, 0.1) is 11.3 Å². The van der Waals surface area contributed by atoms with Crippen LogP contribution in [-0.2, 0) is 16.1 Å². The predicted molar refractivity (Wildman–Crippen MR) is 90.4 cm³/mol. The molecule has 0 aliphatic carbocycles. The van der Waals surface area contributed by atoms with E-state index < -0.39 is 0 Å². The van der Waals surface area contributed by atoms with Crippen molar-refractivity contribution in [1.82, 2.24) is 0 Å². The van der Waals surface area contributed by atoms with E-state index in [4.69, 9.17) is 21.6 Å². The van der Waals surface area contributed by atoms with Crippen molar-refractivity contribution in [2.24, 2.45) is 0 Å². The summed E-state index contributed by atoms with van der Waals surface area (Å²) in [7, 11) is 1.47. The molecule has 2 rings (SSSR count). The Morgan fingerprint density at radius 2 is 2.13 bits per heavy atom. The monoisotopic (exact) mass is 329 g/mol. The van der Waals surface area contributed by atoms with Crippen LogP contribution in [0.25, 0.3) is 0 Å². The van der Waals surface area contributed by atoms with Gasteiger partial charge in [-0.05, 0) is 35.9 Å². The minimum atomic E-state index is -0.206. The molecule has 0 radical (unpaired) electrons. The number of carbonyl (C=O) groups is 1. The molecule has 0 heterocycles. The summed E-state index contributed by atoms with van der Waals surface area (Å²) >= 11 is 5.88. The number of amides is 1. The number of nitrogens with zero attached hydrogens (tertiary/aromatic N) is 1. The molecule has 0 saturated carbocycles. The number of nitrogens with one attached hydrogen (secondary N) is 2. The fraction of sp³-hybridized carbons (Fsp3) is 0.176. The maximum absolute atomic E-state index is 11.5. The number of halogens is 1. The number of anilines is 2.